The van der Waals surface area contributed by atoms with Crippen LogP contribution in [0.25, 0.3) is 94.4 Å². The number of rotatable bonds is 5. The number of hydrogen-bond acceptors (Lipinski definition) is 2. The van der Waals surface area contributed by atoms with Crippen molar-refractivity contribution in [2.24, 2.45) is 0 Å². The normalized spacial score (nSPS) is 13.0. The van der Waals surface area contributed by atoms with E-state index in [-0.39, 0.29) is 5.41 Å². The fourth-order valence-corrected chi connectivity index (χ4v) is 8.98. The molecule has 11 rings (SSSR count). The fraction of sp³-hybridized carbons (Fsp3) is 0.0566. The summed E-state index contributed by atoms with van der Waals surface area (Å²) in [5, 5.41) is 4.95. The van der Waals surface area contributed by atoms with E-state index < -0.39 is 0 Å². The number of benzene rings is 8. The van der Waals surface area contributed by atoms with E-state index in [9.17, 15) is 0 Å². The van der Waals surface area contributed by atoms with Gasteiger partial charge in [-0.05, 0) is 85.6 Å². The van der Waals surface area contributed by atoms with Crippen molar-refractivity contribution >= 4 is 32.6 Å². The van der Waals surface area contributed by atoms with Gasteiger partial charge in [0, 0.05) is 33.4 Å². The van der Waals surface area contributed by atoms with Gasteiger partial charge in [0.05, 0.1) is 16.7 Å². The van der Waals surface area contributed by atoms with Gasteiger partial charge < -0.3 is 0 Å². The Balaban J connectivity index is 1.06. The third kappa shape index (κ3) is 5.05. The molecule has 1 aliphatic rings. The van der Waals surface area contributed by atoms with Gasteiger partial charge in [-0.2, -0.15) is 0 Å². The van der Waals surface area contributed by atoms with Crippen molar-refractivity contribution in [2.75, 3.05) is 0 Å². The first-order chi connectivity index (χ1) is 27.5. The van der Waals surface area contributed by atoms with E-state index >= 15 is 0 Å². The molecule has 0 radical (unpaired) electrons. The molecule has 0 saturated carbocycles. The van der Waals surface area contributed by atoms with Crippen LogP contribution in [-0.2, 0) is 5.41 Å². The summed E-state index contributed by atoms with van der Waals surface area (Å²) in [4.78, 5) is 10.5. The lowest BCUT2D eigenvalue weighted by molar-refractivity contribution is 0.661. The van der Waals surface area contributed by atoms with Crippen LogP contribution in [0, 0.1) is 0 Å². The van der Waals surface area contributed by atoms with Crippen molar-refractivity contribution in [3.63, 3.8) is 0 Å². The van der Waals surface area contributed by atoms with E-state index in [2.05, 4.69) is 188 Å². The molecule has 0 N–H and O–H groups in total. The molecule has 0 spiro atoms. The Hall–Kier alpha value is -7.10. The van der Waals surface area contributed by atoms with E-state index in [1.54, 1.807) is 0 Å². The Morgan fingerprint density at radius 2 is 1.05 bits per heavy atom. The highest BCUT2D eigenvalue weighted by Gasteiger charge is 2.37. The second kappa shape index (κ2) is 12.5. The second-order valence-corrected chi connectivity index (χ2v) is 15.4. The summed E-state index contributed by atoms with van der Waals surface area (Å²) in [6, 6.07) is 67.7. The molecule has 0 bridgehead atoms. The van der Waals surface area contributed by atoms with Crippen molar-refractivity contribution in [1.29, 1.82) is 0 Å². The van der Waals surface area contributed by atoms with Gasteiger partial charge in [-0.1, -0.05) is 166 Å². The standard InChI is InChI=1S/C53H37N3/c1-53(2)45-22-13-21-41(51(45)44-31-38-18-9-10-19-39(38)32-46(44)53)35-24-26-36(27-25-35)47-33-50(55-52(54-47)37-16-7-4-8-17-37)56-48-23-12-11-20-42(48)43-30-40(28-29-49(43)56)34-14-5-3-6-15-34/h3-33H,1-2H3. The molecule has 3 heteroatoms. The van der Waals surface area contributed by atoms with Gasteiger partial charge in [-0.3, -0.25) is 4.57 Å². The van der Waals surface area contributed by atoms with Crippen molar-refractivity contribution < 1.29 is 0 Å². The Morgan fingerprint density at radius 1 is 0.411 bits per heavy atom. The largest absolute Gasteiger partial charge is 0.294 e. The van der Waals surface area contributed by atoms with Crippen LogP contribution in [0.2, 0.25) is 0 Å². The number of fused-ring (bicyclic) bond motifs is 7. The zero-order valence-electron chi connectivity index (χ0n) is 31.2. The summed E-state index contributed by atoms with van der Waals surface area (Å²) in [6.07, 6.45) is 0. The molecule has 0 amide bonds. The van der Waals surface area contributed by atoms with Crippen LogP contribution in [0.5, 0.6) is 0 Å². The molecule has 2 heterocycles. The molecule has 264 valence electrons. The molecule has 0 atom stereocenters. The summed E-state index contributed by atoms with van der Waals surface area (Å²) in [6.45, 7) is 4.71. The Labute approximate surface area is 326 Å². The van der Waals surface area contributed by atoms with Crippen LogP contribution in [-0.4, -0.2) is 14.5 Å². The van der Waals surface area contributed by atoms with E-state index in [4.69, 9.17) is 9.97 Å². The van der Waals surface area contributed by atoms with Crippen molar-refractivity contribution in [3.05, 3.63) is 199 Å². The van der Waals surface area contributed by atoms with Crippen molar-refractivity contribution in [3.8, 4) is 61.8 Å². The average Bonchev–Trinajstić information content (AvgIpc) is 3.71. The maximum Gasteiger partial charge on any atom is 0.162 e. The number of aromatic nitrogens is 3. The number of hydrogen-bond donors (Lipinski definition) is 0. The highest BCUT2D eigenvalue weighted by atomic mass is 15.1. The smallest absolute Gasteiger partial charge is 0.162 e. The fourth-order valence-electron chi connectivity index (χ4n) is 8.98. The molecule has 0 fully saturated rings. The summed E-state index contributed by atoms with van der Waals surface area (Å²) >= 11 is 0. The van der Waals surface area contributed by atoms with Gasteiger partial charge in [-0.15, -0.1) is 0 Å². The zero-order chi connectivity index (χ0) is 37.4. The van der Waals surface area contributed by atoms with Crippen LogP contribution in [0.4, 0.5) is 0 Å². The SMILES string of the molecule is CC1(C)c2cc3ccccc3cc2-c2c(-c3ccc(-c4cc(-n5c6ccccc6c6cc(-c7ccccc7)ccc65)nc(-c5ccccc5)n4)cc3)cccc21. The summed E-state index contributed by atoms with van der Waals surface area (Å²) in [5.41, 5.74) is 15.3. The minimum Gasteiger partial charge on any atom is -0.294 e. The topological polar surface area (TPSA) is 30.7 Å². The van der Waals surface area contributed by atoms with Gasteiger partial charge in [-0.25, -0.2) is 9.97 Å². The van der Waals surface area contributed by atoms with E-state index in [1.165, 1.54) is 66.1 Å². The van der Waals surface area contributed by atoms with E-state index in [0.29, 0.717) is 5.82 Å². The third-order valence-electron chi connectivity index (χ3n) is 11.8. The first-order valence-corrected chi connectivity index (χ1v) is 19.3. The first-order valence-electron chi connectivity index (χ1n) is 19.3. The van der Waals surface area contributed by atoms with Crippen LogP contribution < -0.4 is 0 Å². The van der Waals surface area contributed by atoms with Crippen molar-refractivity contribution in [2.45, 2.75) is 19.3 Å². The number of para-hydroxylation sites is 1. The van der Waals surface area contributed by atoms with E-state index in [1.807, 2.05) is 18.2 Å². The van der Waals surface area contributed by atoms with Gasteiger partial charge >= 0.3 is 0 Å². The molecule has 2 aromatic heterocycles. The molecule has 0 unspecified atom stereocenters. The zero-order valence-corrected chi connectivity index (χ0v) is 31.2. The monoisotopic (exact) mass is 715 g/mol. The lowest BCUT2D eigenvalue weighted by Crippen LogP contribution is -2.14. The van der Waals surface area contributed by atoms with Crippen LogP contribution in [0.1, 0.15) is 25.0 Å². The molecule has 0 aliphatic heterocycles. The van der Waals surface area contributed by atoms with Gasteiger partial charge in [0.15, 0.2) is 5.82 Å². The Kier molecular flexibility index (Phi) is 7.20. The molecule has 56 heavy (non-hydrogen) atoms. The lowest BCUT2D eigenvalue weighted by atomic mass is 9.81. The van der Waals surface area contributed by atoms with Crippen molar-refractivity contribution in [1.82, 2.24) is 14.5 Å². The molecular formula is C53H37N3. The van der Waals surface area contributed by atoms with E-state index in [0.717, 1.165) is 33.7 Å². The molecule has 8 aromatic carbocycles. The molecule has 10 aromatic rings. The van der Waals surface area contributed by atoms with Crippen LogP contribution in [0.15, 0.2) is 188 Å². The molecule has 3 nitrogen and oxygen atoms in total. The highest BCUT2D eigenvalue weighted by molar-refractivity contribution is 6.10. The Morgan fingerprint density at radius 3 is 1.84 bits per heavy atom. The summed E-state index contributed by atoms with van der Waals surface area (Å²) in [5.74, 6) is 1.53. The maximum atomic E-state index is 5.27. The highest BCUT2D eigenvalue weighted by Crippen LogP contribution is 2.53. The molecule has 0 saturated heterocycles. The Bertz CT molecular complexity index is 3140. The van der Waals surface area contributed by atoms with Crippen LogP contribution >= 0.6 is 0 Å². The molecular weight excluding hydrogens is 679 g/mol. The average molecular weight is 716 g/mol. The quantitative estimate of drug-likeness (QED) is 0.178. The first kappa shape index (κ1) is 32.3. The second-order valence-electron chi connectivity index (χ2n) is 15.4. The predicted octanol–water partition coefficient (Wildman–Crippen LogP) is 13.7. The van der Waals surface area contributed by atoms with Gasteiger partial charge in [0.1, 0.15) is 5.82 Å². The predicted molar refractivity (Wildman–Crippen MR) is 233 cm³/mol. The van der Waals surface area contributed by atoms with Gasteiger partial charge in [0.2, 0.25) is 0 Å². The summed E-state index contributed by atoms with van der Waals surface area (Å²) in [7, 11) is 0. The minimum atomic E-state index is -0.0915. The molecule has 1 aliphatic carbocycles. The maximum absolute atomic E-state index is 5.27. The third-order valence-corrected chi connectivity index (χ3v) is 11.8. The summed E-state index contributed by atoms with van der Waals surface area (Å²) < 4.78 is 2.29. The van der Waals surface area contributed by atoms with Crippen LogP contribution in [0.3, 0.4) is 0 Å². The van der Waals surface area contributed by atoms with Gasteiger partial charge in [0.25, 0.3) is 0 Å². The number of nitrogens with zero attached hydrogens (tertiary/aromatic N) is 3. The lowest BCUT2D eigenvalue weighted by Gasteiger charge is -2.22. The minimum absolute atomic E-state index is 0.0915.